The lowest BCUT2D eigenvalue weighted by Crippen LogP contribution is -2.23. The molecule has 0 atom stereocenters. The second-order valence-electron chi connectivity index (χ2n) is 5.66. The highest BCUT2D eigenvalue weighted by atomic mass is 16.5. The number of benzene rings is 2. The third-order valence-corrected chi connectivity index (χ3v) is 4.45. The molecule has 7 nitrogen and oxygen atoms in total. The molecule has 2 aromatic rings. The lowest BCUT2D eigenvalue weighted by atomic mass is 9.81. The van der Waals surface area contributed by atoms with Crippen LogP contribution in [0, 0.1) is 0 Å². The van der Waals surface area contributed by atoms with Crippen molar-refractivity contribution >= 4 is 17.5 Å². The molecular formula is C18H12O7. The summed E-state index contributed by atoms with van der Waals surface area (Å²) in [6, 6.07) is 4.23. The van der Waals surface area contributed by atoms with Gasteiger partial charge in [-0.25, -0.2) is 4.79 Å². The van der Waals surface area contributed by atoms with Crippen molar-refractivity contribution in [1.29, 1.82) is 0 Å². The van der Waals surface area contributed by atoms with Gasteiger partial charge < -0.3 is 19.3 Å². The molecule has 0 radical (unpaired) electrons. The molecule has 1 heterocycles. The lowest BCUT2D eigenvalue weighted by Gasteiger charge is -2.22. The van der Waals surface area contributed by atoms with E-state index < -0.39 is 23.3 Å². The number of fused-ring (bicyclic) bond motifs is 3. The van der Waals surface area contributed by atoms with Gasteiger partial charge in [-0.2, -0.15) is 0 Å². The average Bonchev–Trinajstić information content (AvgIpc) is 2.99. The number of methoxy groups -OCH3 is 2. The van der Waals surface area contributed by atoms with Crippen molar-refractivity contribution in [1.82, 2.24) is 0 Å². The van der Waals surface area contributed by atoms with E-state index in [0.717, 1.165) is 0 Å². The number of aromatic hydroxyl groups is 1. The fourth-order valence-electron chi connectivity index (χ4n) is 3.21. The average molecular weight is 340 g/mol. The number of carbonyl (C=O) groups is 3. The first kappa shape index (κ1) is 15.2. The molecule has 0 saturated heterocycles. The molecule has 0 spiro atoms. The highest BCUT2D eigenvalue weighted by Gasteiger charge is 2.39. The summed E-state index contributed by atoms with van der Waals surface area (Å²) in [6.07, 6.45) is 0. The molecule has 25 heavy (non-hydrogen) atoms. The summed E-state index contributed by atoms with van der Waals surface area (Å²) in [5.41, 5.74) is 0.276. The minimum Gasteiger partial charge on any atom is -0.507 e. The Morgan fingerprint density at radius 1 is 0.920 bits per heavy atom. The molecule has 0 fully saturated rings. The summed E-state index contributed by atoms with van der Waals surface area (Å²) in [6.45, 7) is -0.138. The van der Waals surface area contributed by atoms with Gasteiger partial charge in [-0.3, -0.25) is 9.59 Å². The molecule has 4 rings (SSSR count). The van der Waals surface area contributed by atoms with Crippen LogP contribution in [0.2, 0.25) is 0 Å². The van der Waals surface area contributed by atoms with Gasteiger partial charge in [-0.05, 0) is 12.1 Å². The van der Waals surface area contributed by atoms with Crippen LogP contribution in [0.15, 0.2) is 18.2 Å². The van der Waals surface area contributed by atoms with Crippen molar-refractivity contribution in [2.24, 2.45) is 0 Å². The largest absolute Gasteiger partial charge is 0.507 e. The minimum absolute atomic E-state index is 0.0390. The molecule has 0 aromatic heterocycles. The van der Waals surface area contributed by atoms with Crippen LogP contribution in [-0.2, 0) is 11.3 Å². The van der Waals surface area contributed by atoms with E-state index in [1.54, 1.807) is 0 Å². The number of phenols is 1. The van der Waals surface area contributed by atoms with Crippen molar-refractivity contribution in [2.45, 2.75) is 6.61 Å². The number of ether oxygens (including phenoxy) is 3. The molecule has 7 heteroatoms. The van der Waals surface area contributed by atoms with Crippen LogP contribution in [-0.4, -0.2) is 36.9 Å². The van der Waals surface area contributed by atoms with E-state index in [4.69, 9.17) is 14.2 Å². The smallest absolute Gasteiger partial charge is 0.339 e. The molecule has 1 aliphatic carbocycles. The molecule has 0 amide bonds. The quantitative estimate of drug-likeness (QED) is 0.711. The number of hydrogen-bond donors (Lipinski definition) is 1. The maximum atomic E-state index is 13.0. The first-order chi connectivity index (χ1) is 12.0. The molecule has 126 valence electrons. The lowest BCUT2D eigenvalue weighted by molar-refractivity contribution is 0.0534. The Hall–Kier alpha value is -3.35. The summed E-state index contributed by atoms with van der Waals surface area (Å²) in [4.78, 5) is 37.7. The molecular weight excluding hydrogens is 328 g/mol. The second-order valence-corrected chi connectivity index (χ2v) is 5.66. The summed E-state index contributed by atoms with van der Waals surface area (Å²) in [7, 11) is 2.80. The molecule has 1 aliphatic heterocycles. The summed E-state index contributed by atoms with van der Waals surface area (Å²) >= 11 is 0. The van der Waals surface area contributed by atoms with Crippen LogP contribution in [0.3, 0.4) is 0 Å². The van der Waals surface area contributed by atoms with Crippen molar-refractivity contribution in [3.8, 4) is 17.2 Å². The van der Waals surface area contributed by atoms with E-state index in [0.29, 0.717) is 5.75 Å². The van der Waals surface area contributed by atoms with Crippen molar-refractivity contribution in [3.05, 3.63) is 51.6 Å². The van der Waals surface area contributed by atoms with Gasteiger partial charge in [0, 0.05) is 22.8 Å². The second kappa shape index (κ2) is 5.07. The first-order valence-electron chi connectivity index (χ1n) is 7.39. The molecule has 2 aliphatic rings. The van der Waals surface area contributed by atoms with E-state index in [1.807, 2.05) is 0 Å². The first-order valence-corrected chi connectivity index (χ1v) is 7.39. The monoisotopic (exact) mass is 340 g/mol. The number of rotatable bonds is 2. The fraction of sp³-hybridized carbons (Fsp3) is 0.167. The maximum absolute atomic E-state index is 13.0. The Morgan fingerprint density at radius 3 is 2.32 bits per heavy atom. The summed E-state index contributed by atoms with van der Waals surface area (Å²) < 4.78 is 15.3. The number of cyclic esters (lactones) is 1. The SMILES string of the molecule is COc1cc(OC)c2c(c1)C(=O)c1cc3c(c(O)c1C2=O)COC3=O. The number of phenolic OH excluding ortho intramolecular Hbond substituents is 1. The van der Waals surface area contributed by atoms with Gasteiger partial charge in [0.15, 0.2) is 5.78 Å². The Bertz CT molecular complexity index is 988. The zero-order chi connectivity index (χ0) is 17.9. The normalized spacial score (nSPS) is 14.6. The predicted molar refractivity (Wildman–Crippen MR) is 83.6 cm³/mol. The van der Waals surface area contributed by atoms with E-state index in [-0.39, 0.29) is 45.7 Å². The van der Waals surface area contributed by atoms with Crippen LogP contribution in [0.1, 0.15) is 47.8 Å². The van der Waals surface area contributed by atoms with Gasteiger partial charge >= 0.3 is 5.97 Å². The zero-order valence-corrected chi connectivity index (χ0v) is 13.3. The number of carbonyl (C=O) groups excluding carboxylic acids is 3. The van der Waals surface area contributed by atoms with Crippen LogP contribution in [0.5, 0.6) is 17.2 Å². The van der Waals surface area contributed by atoms with Crippen molar-refractivity contribution in [3.63, 3.8) is 0 Å². The van der Waals surface area contributed by atoms with Crippen LogP contribution >= 0.6 is 0 Å². The zero-order valence-electron chi connectivity index (χ0n) is 13.3. The molecule has 2 aromatic carbocycles. The minimum atomic E-state index is -0.637. The third kappa shape index (κ3) is 1.89. The predicted octanol–water partition coefficient (Wildman–Crippen LogP) is 1.86. The van der Waals surface area contributed by atoms with E-state index in [2.05, 4.69) is 0 Å². The van der Waals surface area contributed by atoms with Gasteiger partial charge in [0.1, 0.15) is 23.9 Å². The highest BCUT2D eigenvalue weighted by molar-refractivity contribution is 6.31. The van der Waals surface area contributed by atoms with E-state index >= 15 is 0 Å². The summed E-state index contributed by atoms with van der Waals surface area (Å²) in [5, 5.41) is 10.5. The number of esters is 1. The van der Waals surface area contributed by atoms with Crippen LogP contribution < -0.4 is 9.47 Å². The van der Waals surface area contributed by atoms with Crippen molar-refractivity contribution in [2.75, 3.05) is 14.2 Å². The van der Waals surface area contributed by atoms with E-state index in [1.165, 1.54) is 32.4 Å². The Labute approximate surface area is 141 Å². The standard InChI is InChI=1S/C18H12O7/c1-23-7-3-9-13(12(4-7)24-2)17(21)14-10(15(9)19)5-8-11(16(14)20)6-25-18(8)22/h3-5,20H,6H2,1-2H3. The topological polar surface area (TPSA) is 99.1 Å². The Kier molecular flexibility index (Phi) is 3.08. The number of hydrogen-bond acceptors (Lipinski definition) is 7. The molecule has 0 saturated carbocycles. The third-order valence-electron chi connectivity index (χ3n) is 4.45. The maximum Gasteiger partial charge on any atom is 0.339 e. The molecule has 0 bridgehead atoms. The van der Waals surface area contributed by atoms with Gasteiger partial charge in [0.2, 0.25) is 5.78 Å². The Morgan fingerprint density at radius 2 is 1.64 bits per heavy atom. The van der Waals surface area contributed by atoms with E-state index in [9.17, 15) is 19.5 Å². The van der Waals surface area contributed by atoms with Crippen LogP contribution in [0.4, 0.5) is 0 Å². The van der Waals surface area contributed by atoms with Crippen LogP contribution in [0.25, 0.3) is 0 Å². The number of ketones is 2. The fourth-order valence-corrected chi connectivity index (χ4v) is 3.21. The van der Waals surface area contributed by atoms with Crippen molar-refractivity contribution < 1.29 is 33.7 Å². The Balaban J connectivity index is 2.04. The van der Waals surface area contributed by atoms with Gasteiger partial charge in [0.05, 0.1) is 30.9 Å². The summed E-state index contributed by atoms with van der Waals surface area (Å²) in [5.74, 6) is -1.57. The molecule has 1 N–H and O–H groups in total. The van der Waals surface area contributed by atoms with Gasteiger partial charge in [-0.15, -0.1) is 0 Å². The molecule has 0 unspecified atom stereocenters. The van der Waals surface area contributed by atoms with Gasteiger partial charge in [0.25, 0.3) is 0 Å². The van der Waals surface area contributed by atoms with Gasteiger partial charge in [-0.1, -0.05) is 0 Å². The highest BCUT2D eigenvalue weighted by Crippen LogP contribution is 2.42.